The fourth-order valence-corrected chi connectivity index (χ4v) is 5.33. The Hall–Kier alpha value is -3.52. The zero-order chi connectivity index (χ0) is 22.9. The predicted octanol–water partition coefficient (Wildman–Crippen LogP) is 3.76. The molecule has 0 bridgehead atoms. The summed E-state index contributed by atoms with van der Waals surface area (Å²) in [5.41, 5.74) is 4.04. The number of aromatic nitrogens is 5. The van der Waals surface area contributed by atoms with Gasteiger partial charge in [-0.3, -0.25) is 9.89 Å². The Labute approximate surface area is 198 Å². The topological polar surface area (TPSA) is 82.9 Å². The molecule has 1 amide bonds. The van der Waals surface area contributed by atoms with Gasteiger partial charge in [0.2, 0.25) is 0 Å². The smallest absolute Gasteiger partial charge is 0.253 e. The van der Waals surface area contributed by atoms with Gasteiger partial charge in [-0.05, 0) is 75.0 Å². The van der Waals surface area contributed by atoms with Gasteiger partial charge in [-0.15, -0.1) is 5.10 Å². The first-order valence-corrected chi connectivity index (χ1v) is 12.2. The summed E-state index contributed by atoms with van der Waals surface area (Å²) in [6.07, 6.45) is 6.80. The molecule has 0 spiro atoms. The minimum absolute atomic E-state index is 0.125. The zero-order valence-electron chi connectivity index (χ0n) is 19.2. The predicted molar refractivity (Wildman–Crippen MR) is 131 cm³/mol. The van der Waals surface area contributed by atoms with E-state index in [0.29, 0.717) is 11.6 Å². The van der Waals surface area contributed by atoms with Gasteiger partial charge < -0.3 is 9.80 Å². The Balaban J connectivity index is 1.15. The van der Waals surface area contributed by atoms with Crippen LogP contribution in [0.4, 0.5) is 0 Å². The normalized spacial score (nSPS) is 19.2. The van der Waals surface area contributed by atoms with Crippen LogP contribution in [0.5, 0.6) is 0 Å². The summed E-state index contributed by atoms with van der Waals surface area (Å²) in [5.74, 6) is 0.710. The second-order valence-corrected chi connectivity index (χ2v) is 9.48. The van der Waals surface area contributed by atoms with Crippen molar-refractivity contribution in [3.63, 3.8) is 0 Å². The van der Waals surface area contributed by atoms with E-state index in [0.717, 1.165) is 53.9 Å². The first-order valence-electron chi connectivity index (χ1n) is 12.2. The molecule has 2 fully saturated rings. The third kappa shape index (κ3) is 4.09. The molecule has 0 aliphatic carbocycles. The van der Waals surface area contributed by atoms with Gasteiger partial charge in [-0.2, -0.15) is 5.10 Å². The van der Waals surface area contributed by atoms with Gasteiger partial charge in [-0.25, -0.2) is 4.68 Å². The van der Waals surface area contributed by atoms with Crippen LogP contribution < -0.4 is 0 Å². The van der Waals surface area contributed by atoms with Gasteiger partial charge in [0, 0.05) is 30.6 Å². The molecule has 0 radical (unpaired) electrons. The minimum Gasteiger partial charge on any atom is -0.338 e. The number of carbonyl (C=O) groups is 1. The molecule has 2 aliphatic heterocycles. The van der Waals surface area contributed by atoms with Crippen molar-refractivity contribution >= 4 is 16.8 Å². The Morgan fingerprint density at radius 3 is 2.68 bits per heavy atom. The molecule has 4 aromatic rings. The van der Waals surface area contributed by atoms with Crippen LogP contribution in [-0.4, -0.2) is 73.6 Å². The molecule has 1 N–H and O–H groups in total. The maximum absolute atomic E-state index is 13.2. The third-order valence-electron chi connectivity index (χ3n) is 7.11. The lowest BCUT2D eigenvalue weighted by Crippen LogP contribution is -2.43. The SMILES string of the molecule is O=C(c1ccc(-n2cc(-c3n[nH]c4ccccc34)nn2)cc1)N1CCCC(CN2CCCC2)C1. The highest BCUT2D eigenvalue weighted by molar-refractivity contribution is 5.94. The van der Waals surface area contributed by atoms with E-state index in [1.54, 1.807) is 4.68 Å². The van der Waals surface area contributed by atoms with Crippen LogP contribution in [0, 0.1) is 5.92 Å². The summed E-state index contributed by atoms with van der Waals surface area (Å²) < 4.78 is 1.72. The van der Waals surface area contributed by atoms with Gasteiger partial charge in [0.25, 0.3) is 5.91 Å². The molecule has 2 aromatic heterocycles. The molecule has 4 heterocycles. The molecule has 2 aliphatic rings. The van der Waals surface area contributed by atoms with Crippen molar-refractivity contribution in [3.05, 3.63) is 60.3 Å². The summed E-state index contributed by atoms with van der Waals surface area (Å²) in [5, 5.41) is 17.1. The van der Waals surface area contributed by atoms with Crippen LogP contribution in [0.15, 0.2) is 54.7 Å². The Morgan fingerprint density at radius 2 is 1.82 bits per heavy atom. The molecular weight excluding hydrogens is 426 g/mol. The molecule has 1 unspecified atom stereocenters. The summed E-state index contributed by atoms with van der Waals surface area (Å²) in [6, 6.07) is 15.6. The number of carbonyl (C=O) groups excluding carboxylic acids is 1. The van der Waals surface area contributed by atoms with Gasteiger partial charge in [0.05, 0.1) is 17.4 Å². The van der Waals surface area contributed by atoms with Gasteiger partial charge in [0.1, 0.15) is 11.4 Å². The van der Waals surface area contributed by atoms with Gasteiger partial charge >= 0.3 is 0 Å². The van der Waals surface area contributed by atoms with Crippen molar-refractivity contribution in [1.29, 1.82) is 0 Å². The Morgan fingerprint density at radius 1 is 1.00 bits per heavy atom. The van der Waals surface area contributed by atoms with Crippen LogP contribution in [0.25, 0.3) is 28.0 Å². The van der Waals surface area contributed by atoms with Crippen molar-refractivity contribution in [3.8, 4) is 17.1 Å². The highest BCUT2D eigenvalue weighted by Crippen LogP contribution is 2.25. The molecule has 1 atom stereocenters. The lowest BCUT2D eigenvalue weighted by molar-refractivity contribution is 0.0648. The number of fused-ring (bicyclic) bond motifs is 1. The number of piperidine rings is 1. The van der Waals surface area contributed by atoms with Crippen molar-refractivity contribution in [2.75, 3.05) is 32.7 Å². The fourth-order valence-electron chi connectivity index (χ4n) is 5.33. The number of nitrogens with one attached hydrogen (secondary N) is 1. The summed E-state index contributed by atoms with van der Waals surface area (Å²) >= 11 is 0. The average Bonchev–Trinajstić information content (AvgIpc) is 3.65. The second kappa shape index (κ2) is 9.02. The van der Waals surface area contributed by atoms with E-state index in [2.05, 4.69) is 25.4 Å². The monoisotopic (exact) mass is 455 g/mol. The number of para-hydroxylation sites is 1. The van der Waals surface area contributed by atoms with E-state index in [-0.39, 0.29) is 5.91 Å². The van der Waals surface area contributed by atoms with E-state index < -0.39 is 0 Å². The molecular formula is C26H29N7O. The number of hydrogen-bond acceptors (Lipinski definition) is 5. The number of aromatic amines is 1. The quantitative estimate of drug-likeness (QED) is 0.496. The lowest BCUT2D eigenvalue weighted by Gasteiger charge is -2.34. The van der Waals surface area contributed by atoms with Crippen LogP contribution in [0.1, 0.15) is 36.0 Å². The Bertz CT molecular complexity index is 1290. The summed E-state index contributed by atoms with van der Waals surface area (Å²) in [6.45, 7) is 5.27. The van der Waals surface area contributed by atoms with Crippen molar-refractivity contribution < 1.29 is 4.79 Å². The molecule has 6 rings (SSSR count). The van der Waals surface area contributed by atoms with Gasteiger partial charge in [0.15, 0.2) is 0 Å². The van der Waals surface area contributed by atoms with E-state index in [4.69, 9.17) is 0 Å². The maximum Gasteiger partial charge on any atom is 0.253 e. The molecule has 8 nitrogen and oxygen atoms in total. The number of amides is 1. The standard InChI is InChI=1S/C26H29N7O/c34-26(32-15-5-6-19(17-32)16-31-13-3-4-14-31)20-9-11-21(12-10-20)33-18-24(28-30-33)25-22-7-1-2-8-23(22)27-29-25/h1-2,7-12,18-19H,3-6,13-17H2,(H,27,29). The minimum atomic E-state index is 0.125. The van der Waals surface area contributed by atoms with Crippen LogP contribution in [0.3, 0.4) is 0 Å². The molecule has 174 valence electrons. The van der Waals surface area contributed by atoms with E-state index in [1.807, 2.05) is 59.6 Å². The highest BCUT2D eigenvalue weighted by Gasteiger charge is 2.26. The fraction of sp³-hybridized carbons (Fsp3) is 0.385. The molecule has 2 saturated heterocycles. The second-order valence-electron chi connectivity index (χ2n) is 9.48. The average molecular weight is 456 g/mol. The van der Waals surface area contributed by atoms with Crippen molar-refractivity contribution in [2.45, 2.75) is 25.7 Å². The zero-order valence-corrected chi connectivity index (χ0v) is 19.2. The first kappa shape index (κ1) is 21.0. The van der Waals surface area contributed by atoms with Crippen LogP contribution in [0.2, 0.25) is 0 Å². The van der Waals surface area contributed by atoms with Crippen molar-refractivity contribution in [1.82, 2.24) is 35.0 Å². The number of nitrogens with zero attached hydrogens (tertiary/aromatic N) is 6. The highest BCUT2D eigenvalue weighted by atomic mass is 16.2. The molecule has 8 heteroatoms. The Kier molecular flexibility index (Phi) is 5.58. The molecule has 2 aromatic carbocycles. The number of benzene rings is 2. The van der Waals surface area contributed by atoms with E-state index in [9.17, 15) is 4.79 Å². The van der Waals surface area contributed by atoms with Crippen LogP contribution >= 0.6 is 0 Å². The number of H-pyrrole nitrogens is 1. The van der Waals surface area contributed by atoms with E-state index in [1.165, 1.54) is 32.4 Å². The van der Waals surface area contributed by atoms with Crippen molar-refractivity contribution in [2.24, 2.45) is 5.92 Å². The molecule has 0 saturated carbocycles. The number of likely N-dealkylation sites (tertiary alicyclic amines) is 2. The first-order chi connectivity index (χ1) is 16.7. The maximum atomic E-state index is 13.2. The third-order valence-corrected chi connectivity index (χ3v) is 7.11. The van der Waals surface area contributed by atoms with Crippen LogP contribution in [-0.2, 0) is 0 Å². The number of hydrogen-bond donors (Lipinski definition) is 1. The molecule has 34 heavy (non-hydrogen) atoms. The summed E-state index contributed by atoms with van der Waals surface area (Å²) in [4.78, 5) is 17.8. The van der Waals surface area contributed by atoms with E-state index >= 15 is 0 Å². The van der Waals surface area contributed by atoms with Gasteiger partial charge in [-0.1, -0.05) is 23.4 Å². The summed E-state index contributed by atoms with van der Waals surface area (Å²) in [7, 11) is 0. The lowest BCUT2D eigenvalue weighted by atomic mass is 9.96. The largest absolute Gasteiger partial charge is 0.338 e. The number of rotatable bonds is 5.